The van der Waals surface area contributed by atoms with Crippen molar-refractivity contribution >= 4 is 11.9 Å². The molecule has 0 spiro atoms. The van der Waals surface area contributed by atoms with Crippen LogP contribution in [0.15, 0.2) is 65.8 Å². The first-order valence-electron chi connectivity index (χ1n) is 7.77. The molecule has 0 saturated carbocycles. The Morgan fingerprint density at radius 3 is 2.13 bits per heavy atom. The molecule has 2 aromatic carbocycles. The molecule has 3 aromatic rings. The lowest BCUT2D eigenvalue weighted by atomic mass is 9.98. The van der Waals surface area contributed by atoms with E-state index < -0.39 is 0 Å². The number of nitrogens with zero attached hydrogens (tertiary/aromatic N) is 2. The molecule has 0 aliphatic carbocycles. The zero-order valence-electron chi connectivity index (χ0n) is 13.7. The van der Waals surface area contributed by atoms with Crippen LogP contribution in [0, 0.1) is 20.8 Å². The number of benzene rings is 2. The van der Waals surface area contributed by atoms with Crippen LogP contribution in [0.2, 0.25) is 0 Å². The van der Waals surface area contributed by atoms with Crippen molar-refractivity contribution in [1.82, 2.24) is 4.98 Å². The molecule has 1 heterocycles. The highest BCUT2D eigenvalue weighted by molar-refractivity contribution is 5.81. The molecule has 1 aromatic heterocycles. The number of aromatic nitrogens is 1. The largest absolute Gasteiger partial charge is 0.255 e. The van der Waals surface area contributed by atoms with Crippen LogP contribution in [0.5, 0.6) is 0 Å². The van der Waals surface area contributed by atoms with Gasteiger partial charge in [0.1, 0.15) is 0 Å². The maximum Gasteiger partial charge on any atom is 0.0812 e. The van der Waals surface area contributed by atoms with E-state index in [1.54, 1.807) is 6.20 Å². The van der Waals surface area contributed by atoms with Crippen molar-refractivity contribution in [2.75, 3.05) is 0 Å². The van der Waals surface area contributed by atoms with Crippen LogP contribution in [0.4, 0.5) is 5.69 Å². The van der Waals surface area contributed by atoms with Crippen LogP contribution in [0.25, 0.3) is 11.1 Å². The molecule has 0 radical (unpaired) electrons. The summed E-state index contributed by atoms with van der Waals surface area (Å²) in [5.74, 6) is 0. The normalized spacial score (nSPS) is 11.1. The fourth-order valence-electron chi connectivity index (χ4n) is 2.66. The van der Waals surface area contributed by atoms with E-state index in [0.717, 1.165) is 11.4 Å². The van der Waals surface area contributed by atoms with Gasteiger partial charge >= 0.3 is 0 Å². The van der Waals surface area contributed by atoms with Crippen molar-refractivity contribution in [3.63, 3.8) is 0 Å². The summed E-state index contributed by atoms with van der Waals surface area (Å²) in [7, 11) is 0. The highest BCUT2D eigenvalue weighted by atomic mass is 14.8. The Morgan fingerprint density at radius 2 is 1.52 bits per heavy atom. The fraction of sp³-hybridized carbons (Fsp3) is 0.143. The van der Waals surface area contributed by atoms with Crippen molar-refractivity contribution < 1.29 is 0 Å². The predicted octanol–water partition coefficient (Wildman–Crippen LogP) is 5.42. The lowest BCUT2D eigenvalue weighted by Gasteiger charge is -2.10. The van der Waals surface area contributed by atoms with Gasteiger partial charge in [-0.25, -0.2) is 0 Å². The number of hydrogen-bond acceptors (Lipinski definition) is 2. The van der Waals surface area contributed by atoms with Crippen LogP contribution >= 0.6 is 0 Å². The van der Waals surface area contributed by atoms with Gasteiger partial charge in [-0.2, -0.15) is 0 Å². The Bertz CT molecular complexity index is 808. The third kappa shape index (κ3) is 3.54. The maximum absolute atomic E-state index is 4.64. The molecule has 114 valence electrons. The molecule has 0 aliphatic heterocycles. The van der Waals surface area contributed by atoms with Crippen molar-refractivity contribution in [2.45, 2.75) is 20.8 Å². The molecule has 0 bridgehead atoms. The fourth-order valence-corrected chi connectivity index (χ4v) is 2.66. The summed E-state index contributed by atoms with van der Waals surface area (Å²) in [5, 5.41) is 0. The Morgan fingerprint density at radius 1 is 0.826 bits per heavy atom. The van der Waals surface area contributed by atoms with E-state index >= 15 is 0 Å². The second-order valence-corrected chi connectivity index (χ2v) is 5.84. The zero-order valence-corrected chi connectivity index (χ0v) is 13.7. The smallest absolute Gasteiger partial charge is 0.0812 e. The molecule has 0 saturated heterocycles. The molecule has 2 heteroatoms. The summed E-state index contributed by atoms with van der Waals surface area (Å²) in [6, 6.07) is 18.8. The molecule has 23 heavy (non-hydrogen) atoms. The van der Waals surface area contributed by atoms with Gasteiger partial charge in [-0.05, 0) is 67.3 Å². The minimum atomic E-state index is 0.869. The Labute approximate surface area is 137 Å². The van der Waals surface area contributed by atoms with E-state index in [2.05, 4.69) is 67.1 Å². The van der Waals surface area contributed by atoms with Gasteiger partial charge in [0.05, 0.1) is 17.6 Å². The van der Waals surface area contributed by atoms with Gasteiger partial charge in [-0.3, -0.25) is 9.98 Å². The van der Waals surface area contributed by atoms with Gasteiger partial charge in [0.15, 0.2) is 0 Å². The van der Waals surface area contributed by atoms with E-state index in [9.17, 15) is 0 Å². The molecule has 3 rings (SSSR count). The van der Waals surface area contributed by atoms with Gasteiger partial charge < -0.3 is 0 Å². The van der Waals surface area contributed by atoms with Crippen molar-refractivity contribution in [1.29, 1.82) is 0 Å². The third-order valence-electron chi connectivity index (χ3n) is 3.89. The molecule has 2 nitrogen and oxygen atoms in total. The maximum atomic E-state index is 4.64. The first kappa shape index (κ1) is 15.2. The number of rotatable bonds is 3. The molecule has 0 atom stereocenters. The second-order valence-electron chi connectivity index (χ2n) is 5.84. The number of pyridine rings is 1. The molecule has 0 unspecified atom stereocenters. The monoisotopic (exact) mass is 300 g/mol. The van der Waals surface area contributed by atoms with Crippen molar-refractivity contribution in [3.8, 4) is 11.1 Å². The standard InChI is InChI=1S/C21H20N2/c1-15-7-9-18(10-8-15)19-12-16(2)21(17(3)13-19)23-14-20-6-4-5-11-22-20/h4-14H,1-3H3. The average molecular weight is 300 g/mol. The van der Waals surface area contributed by atoms with E-state index in [4.69, 9.17) is 0 Å². The van der Waals surface area contributed by atoms with Gasteiger partial charge in [-0.15, -0.1) is 0 Å². The van der Waals surface area contributed by atoms with Crippen molar-refractivity contribution in [3.05, 3.63) is 83.2 Å². The SMILES string of the molecule is Cc1ccc(-c2cc(C)c(N=Cc3ccccn3)c(C)c2)cc1. The summed E-state index contributed by atoms with van der Waals surface area (Å²) in [6.07, 6.45) is 3.60. The molecule has 0 fully saturated rings. The average Bonchev–Trinajstić information content (AvgIpc) is 2.55. The summed E-state index contributed by atoms with van der Waals surface area (Å²) in [4.78, 5) is 8.91. The summed E-state index contributed by atoms with van der Waals surface area (Å²) >= 11 is 0. The Kier molecular flexibility index (Phi) is 4.33. The van der Waals surface area contributed by atoms with Gasteiger partial charge in [0, 0.05) is 6.20 Å². The number of aliphatic imine (C=N–C) groups is 1. The Balaban J connectivity index is 1.94. The van der Waals surface area contributed by atoms with Gasteiger partial charge in [-0.1, -0.05) is 35.9 Å². The molecule has 0 aliphatic rings. The summed E-state index contributed by atoms with van der Waals surface area (Å²) in [5.41, 5.74) is 7.98. The van der Waals surface area contributed by atoms with Gasteiger partial charge in [0.25, 0.3) is 0 Å². The first-order valence-corrected chi connectivity index (χ1v) is 7.77. The minimum absolute atomic E-state index is 0.869. The topological polar surface area (TPSA) is 25.2 Å². The molecule has 0 amide bonds. The molecular formula is C21H20N2. The lowest BCUT2D eigenvalue weighted by molar-refractivity contribution is 1.29. The number of aryl methyl sites for hydroxylation is 3. The van der Waals surface area contributed by atoms with E-state index in [0.29, 0.717) is 0 Å². The highest BCUT2D eigenvalue weighted by Gasteiger charge is 2.06. The highest BCUT2D eigenvalue weighted by Crippen LogP contribution is 2.30. The second kappa shape index (κ2) is 6.57. The van der Waals surface area contributed by atoms with Crippen LogP contribution in [-0.4, -0.2) is 11.2 Å². The quantitative estimate of drug-likeness (QED) is 0.592. The van der Waals surface area contributed by atoms with Crippen LogP contribution in [0.1, 0.15) is 22.4 Å². The van der Waals surface area contributed by atoms with E-state index in [1.807, 2.05) is 24.4 Å². The third-order valence-corrected chi connectivity index (χ3v) is 3.89. The number of hydrogen-bond donors (Lipinski definition) is 0. The predicted molar refractivity (Wildman–Crippen MR) is 97.6 cm³/mol. The zero-order chi connectivity index (χ0) is 16.2. The Hall–Kier alpha value is -2.74. The van der Waals surface area contributed by atoms with Crippen LogP contribution < -0.4 is 0 Å². The first-order chi connectivity index (χ1) is 11.1. The van der Waals surface area contributed by atoms with Crippen LogP contribution in [0.3, 0.4) is 0 Å². The van der Waals surface area contributed by atoms with E-state index in [1.165, 1.54) is 27.8 Å². The van der Waals surface area contributed by atoms with Crippen molar-refractivity contribution in [2.24, 2.45) is 4.99 Å². The van der Waals surface area contributed by atoms with Crippen LogP contribution in [-0.2, 0) is 0 Å². The lowest BCUT2D eigenvalue weighted by Crippen LogP contribution is -1.88. The summed E-state index contributed by atoms with van der Waals surface area (Å²) < 4.78 is 0. The molecule has 0 N–H and O–H groups in total. The minimum Gasteiger partial charge on any atom is -0.255 e. The molecular weight excluding hydrogens is 280 g/mol. The summed E-state index contributed by atoms with van der Waals surface area (Å²) in [6.45, 7) is 6.32. The van der Waals surface area contributed by atoms with Gasteiger partial charge in [0.2, 0.25) is 0 Å². The van der Waals surface area contributed by atoms with E-state index in [-0.39, 0.29) is 0 Å².